The molecule has 1 aliphatic heterocycles. The van der Waals surface area contributed by atoms with E-state index >= 15 is 0 Å². The fraction of sp³-hybridized carbons (Fsp3) is 0.733. The minimum Gasteiger partial charge on any atom is -0.391 e. The molecule has 3 rings (SSSR count). The minimum absolute atomic E-state index is 0.0957. The van der Waals surface area contributed by atoms with Crippen LogP contribution in [0, 0.1) is 0 Å². The smallest absolute Gasteiger partial charge is 0.0764 e. The van der Waals surface area contributed by atoms with E-state index in [1.807, 2.05) is 0 Å². The van der Waals surface area contributed by atoms with Crippen LogP contribution in [0.5, 0.6) is 0 Å². The highest BCUT2D eigenvalue weighted by molar-refractivity contribution is 7.07. The van der Waals surface area contributed by atoms with Crippen LogP contribution < -0.4 is 0 Å². The van der Waals surface area contributed by atoms with Gasteiger partial charge in [-0.25, -0.2) is 0 Å². The van der Waals surface area contributed by atoms with E-state index in [0.717, 1.165) is 6.42 Å². The monoisotopic (exact) mass is 265 g/mol. The maximum Gasteiger partial charge on any atom is 0.0764 e. The molecule has 1 aliphatic carbocycles. The number of nitrogens with zero attached hydrogens (tertiary/aromatic N) is 1. The Labute approximate surface area is 114 Å². The van der Waals surface area contributed by atoms with Gasteiger partial charge in [0.1, 0.15) is 0 Å². The van der Waals surface area contributed by atoms with Gasteiger partial charge in [0.25, 0.3) is 0 Å². The van der Waals surface area contributed by atoms with E-state index in [-0.39, 0.29) is 11.6 Å². The molecule has 1 N–H and O–H groups in total. The molecule has 0 amide bonds. The summed E-state index contributed by atoms with van der Waals surface area (Å²) < 4.78 is 0. The molecule has 1 saturated carbocycles. The molecule has 1 aromatic rings. The summed E-state index contributed by atoms with van der Waals surface area (Å²) in [5, 5.41) is 15.1. The van der Waals surface area contributed by atoms with E-state index < -0.39 is 0 Å². The third-order valence-electron chi connectivity index (χ3n) is 4.83. The Morgan fingerprint density at radius 2 is 1.94 bits per heavy atom. The first-order valence-corrected chi connectivity index (χ1v) is 8.20. The van der Waals surface area contributed by atoms with E-state index in [9.17, 15) is 5.11 Å². The third kappa shape index (κ3) is 2.24. The number of thiophene rings is 1. The largest absolute Gasteiger partial charge is 0.391 e. The Kier molecular flexibility index (Phi) is 3.73. The van der Waals surface area contributed by atoms with Gasteiger partial charge in [-0.3, -0.25) is 4.90 Å². The number of aliphatic hydroxyl groups excluding tert-OH is 1. The quantitative estimate of drug-likeness (QED) is 0.904. The van der Waals surface area contributed by atoms with Crippen molar-refractivity contribution in [2.45, 2.75) is 56.6 Å². The van der Waals surface area contributed by atoms with Crippen LogP contribution in [-0.4, -0.2) is 34.7 Å². The van der Waals surface area contributed by atoms with E-state index in [2.05, 4.69) is 21.7 Å². The lowest BCUT2D eigenvalue weighted by molar-refractivity contribution is -0.0171. The summed E-state index contributed by atoms with van der Waals surface area (Å²) in [5.41, 5.74) is 1.40. The number of rotatable bonds is 4. The molecule has 2 nitrogen and oxygen atoms in total. The van der Waals surface area contributed by atoms with Crippen LogP contribution in [0.15, 0.2) is 16.8 Å². The lowest BCUT2D eigenvalue weighted by Crippen LogP contribution is -2.54. The molecular formula is C15H23NOS. The summed E-state index contributed by atoms with van der Waals surface area (Å²) in [5.74, 6) is 0. The van der Waals surface area contributed by atoms with Crippen molar-refractivity contribution in [3.63, 3.8) is 0 Å². The molecule has 2 fully saturated rings. The van der Waals surface area contributed by atoms with Crippen molar-refractivity contribution in [1.82, 2.24) is 4.90 Å². The van der Waals surface area contributed by atoms with Crippen molar-refractivity contribution in [2.24, 2.45) is 0 Å². The van der Waals surface area contributed by atoms with Crippen LogP contribution in [0.25, 0.3) is 0 Å². The standard InChI is InChI=1S/C15H23NOS/c17-14(11-13-5-10-18-12-13)15(6-1-2-7-15)16-8-3-4-9-16/h5,10,12,14,17H,1-4,6-9,11H2. The molecule has 100 valence electrons. The van der Waals surface area contributed by atoms with Crippen molar-refractivity contribution < 1.29 is 5.11 Å². The molecule has 0 spiro atoms. The second kappa shape index (κ2) is 5.32. The van der Waals surface area contributed by atoms with Crippen molar-refractivity contribution in [1.29, 1.82) is 0 Å². The van der Waals surface area contributed by atoms with E-state index in [1.54, 1.807) is 11.3 Å². The van der Waals surface area contributed by atoms with Gasteiger partial charge in [-0.05, 0) is 61.2 Å². The highest BCUT2D eigenvalue weighted by atomic mass is 32.1. The lowest BCUT2D eigenvalue weighted by Gasteiger charge is -2.42. The van der Waals surface area contributed by atoms with Gasteiger partial charge >= 0.3 is 0 Å². The average molecular weight is 265 g/mol. The Hall–Kier alpha value is -0.380. The van der Waals surface area contributed by atoms with Crippen molar-refractivity contribution in [3.8, 4) is 0 Å². The summed E-state index contributed by atoms with van der Waals surface area (Å²) in [6.07, 6.45) is 8.23. The van der Waals surface area contributed by atoms with Gasteiger partial charge < -0.3 is 5.11 Å². The molecule has 18 heavy (non-hydrogen) atoms. The Bertz CT molecular complexity index is 364. The summed E-state index contributed by atoms with van der Waals surface area (Å²) in [7, 11) is 0. The number of hydrogen-bond acceptors (Lipinski definition) is 3. The molecule has 2 heterocycles. The first-order valence-electron chi connectivity index (χ1n) is 7.25. The van der Waals surface area contributed by atoms with Gasteiger partial charge in [-0.15, -0.1) is 0 Å². The van der Waals surface area contributed by atoms with Crippen LogP contribution in [0.3, 0.4) is 0 Å². The highest BCUT2D eigenvalue weighted by Gasteiger charge is 2.45. The predicted octanol–water partition coefficient (Wildman–Crippen LogP) is 3.06. The summed E-state index contributed by atoms with van der Waals surface area (Å²) in [6, 6.07) is 2.15. The fourth-order valence-electron chi connectivity index (χ4n) is 3.83. The second-order valence-electron chi connectivity index (χ2n) is 5.86. The van der Waals surface area contributed by atoms with Gasteiger partial charge in [-0.2, -0.15) is 11.3 Å². The van der Waals surface area contributed by atoms with E-state index in [1.165, 1.54) is 57.2 Å². The van der Waals surface area contributed by atoms with Crippen LogP contribution >= 0.6 is 11.3 Å². The Balaban J connectivity index is 1.76. The minimum atomic E-state index is -0.187. The van der Waals surface area contributed by atoms with Crippen LogP contribution in [0.4, 0.5) is 0 Å². The van der Waals surface area contributed by atoms with Crippen molar-refractivity contribution in [3.05, 3.63) is 22.4 Å². The fourth-order valence-corrected chi connectivity index (χ4v) is 4.51. The molecule has 0 radical (unpaired) electrons. The summed E-state index contributed by atoms with van der Waals surface area (Å²) in [6.45, 7) is 2.39. The SMILES string of the molecule is OC(Cc1ccsc1)C1(N2CCCC2)CCCC1. The van der Waals surface area contributed by atoms with Gasteiger partial charge in [0.15, 0.2) is 0 Å². The van der Waals surface area contributed by atoms with Gasteiger partial charge in [0, 0.05) is 12.0 Å². The third-order valence-corrected chi connectivity index (χ3v) is 5.57. The molecule has 1 unspecified atom stereocenters. The summed E-state index contributed by atoms with van der Waals surface area (Å²) in [4.78, 5) is 2.59. The zero-order valence-corrected chi connectivity index (χ0v) is 11.8. The maximum absolute atomic E-state index is 10.8. The molecule has 1 saturated heterocycles. The predicted molar refractivity (Wildman–Crippen MR) is 76.0 cm³/mol. The zero-order chi connectivity index (χ0) is 12.4. The maximum atomic E-state index is 10.8. The van der Waals surface area contributed by atoms with Crippen LogP contribution in [-0.2, 0) is 6.42 Å². The van der Waals surface area contributed by atoms with Crippen molar-refractivity contribution >= 4 is 11.3 Å². The van der Waals surface area contributed by atoms with Gasteiger partial charge in [0.05, 0.1) is 6.10 Å². The molecule has 2 aliphatic rings. The summed E-state index contributed by atoms with van der Waals surface area (Å²) >= 11 is 1.73. The molecule has 1 atom stereocenters. The van der Waals surface area contributed by atoms with Gasteiger partial charge in [-0.1, -0.05) is 12.8 Å². The zero-order valence-electron chi connectivity index (χ0n) is 11.0. The van der Waals surface area contributed by atoms with Gasteiger partial charge in [0.2, 0.25) is 0 Å². The average Bonchev–Trinajstić information content (AvgIpc) is 3.12. The topological polar surface area (TPSA) is 23.5 Å². The number of hydrogen-bond donors (Lipinski definition) is 1. The molecular weight excluding hydrogens is 242 g/mol. The molecule has 1 aromatic heterocycles. The first-order chi connectivity index (χ1) is 8.81. The first kappa shape index (κ1) is 12.6. The number of aliphatic hydroxyl groups is 1. The van der Waals surface area contributed by atoms with E-state index in [0.29, 0.717) is 0 Å². The van der Waals surface area contributed by atoms with Crippen LogP contribution in [0.1, 0.15) is 44.1 Å². The normalized spacial score (nSPS) is 25.6. The molecule has 3 heteroatoms. The van der Waals surface area contributed by atoms with Crippen LogP contribution in [0.2, 0.25) is 0 Å². The Morgan fingerprint density at radius 1 is 1.22 bits per heavy atom. The molecule has 0 bridgehead atoms. The van der Waals surface area contributed by atoms with Crippen molar-refractivity contribution in [2.75, 3.05) is 13.1 Å². The number of likely N-dealkylation sites (tertiary alicyclic amines) is 1. The van der Waals surface area contributed by atoms with E-state index in [4.69, 9.17) is 0 Å². The highest BCUT2D eigenvalue weighted by Crippen LogP contribution is 2.41. The second-order valence-corrected chi connectivity index (χ2v) is 6.64. The lowest BCUT2D eigenvalue weighted by atomic mass is 9.85. The molecule has 0 aromatic carbocycles. The Morgan fingerprint density at radius 3 is 2.56 bits per heavy atom.